The zero-order valence-electron chi connectivity index (χ0n) is 12.0. The van der Waals surface area contributed by atoms with Crippen LogP contribution in [0.1, 0.15) is 29.5 Å². The minimum Gasteiger partial charge on any atom is -0.310 e. The van der Waals surface area contributed by atoms with Crippen molar-refractivity contribution < 1.29 is 0 Å². The van der Waals surface area contributed by atoms with Crippen LogP contribution >= 0.6 is 11.6 Å². The van der Waals surface area contributed by atoms with Crippen molar-refractivity contribution in [3.8, 4) is 11.1 Å². The van der Waals surface area contributed by atoms with Gasteiger partial charge in [-0.3, -0.25) is 0 Å². The lowest BCUT2D eigenvalue weighted by atomic mass is 9.99. The van der Waals surface area contributed by atoms with Gasteiger partial charge in [-0.15, -0.1) is 0 Å². The number of rotatable bonds is 4. The fourth-order valence-corrected chi connectivity index (χ4v) is 2.54. The van der Waals surface area contributed by atoms with Crippen LogP contribution in [0.15, 0.2) is 36.4 Å². The Balaban J connectivity index is 1.88. The Morgan fingerprint density at radius 1 is 1.00 bits per heavy atom. The molecule has 1 saturated carbocycles. The van der Waals surface area contributed by atoms with Crippen LogP contribution in [0, 0.1) is 13.8 Å². The van der Waals surface area contributed by atoms with Crippen molar-refractivity contribution >= 4 is 11.6 Å². The van der Waals surface area contributed by atoms with Gasteiger partial charge in [-0.25, -0.2) is 0 Å². The van der Waals surface area contributed by atoms with Crippen molar-refractivity contribution in [1.82, 2.24) is 5.32 Å². The van der Waals surface area contributed by atoms with Crippen LogP contribution in [0.2, 0.25) is 5.02 Å². The molecule has 1 nitrogen and oxygen atoms in total. The summed E-state index contributed by atoms with van der Waals surface area (Å²) < 4.78 is 0. The van der Waals surface area contributed by atoms with Gasteiger partial charge < -0.3 is 5.32 Å². The van der Waals surface area contributed by atoms with Gasteiger partial charge in [0.25, 0.3) is 0 Å². The Labute approximate surface area is 126 Å². The maximum atomic E-state index is 6.30. The molecule has 0 atom stereocenters. The third-order valence-electron chi connectivity index (χ3n) is 4.04. The standard InChI is InChI=1S/C18H20ClN/c1-12-3-4-14(9-13(12)2)15-5-8-18(19)16(10-15)11-20-17-6-7-17/h3-5,8-10,17,20H,6-7,11H2,1-2H3. The first-order valence-electron chi connectivity index (χ1n) is 7.23. The molecular formula is C18H20ClN. The molecule has 0 saturated heterocycles. The fraction of sp³-hybridized carbons (Fsp3) is 0.333. The van der Waals surface area contributed by atoms with Crippen molar-refractivity contribution in [3.63, 3.8) is 0 Å². The van der Waals surface area contributed by atoms with Gasteiger partial charge in [0.1, 0.15) is 0 Å². The van der Waals surface area contributed by atoms with Crippen LogP contribution in [0.5, 0.6) is 0 Å². The van der Waals surface area contributed by atoms with E-state index in [4.69, 9.17) is 11.6 Å². The second kappa shape index (κ2) is 5.59. The first-order valence-corrected chi connectivity index (χ1v) is 7.61. The van der Waals surface area contributed by atoms with E-state index in [2.05, 4.69) is 49.5 Å². The summed E-state index contributed by atoms with van der Waals surface area (Å²) in [5.74, 6) is 0. The lowest BCUT2D eigenvalue weighted by molar-refractivity contribution is 0.688. The molecule has 2 heteroatoms. The first-order chi connectivity index (χ1) is 9.63. The van der Waals surface area contributed by atoms with Gasteiger partial charge in [-0.05, 0) is 66.6 Å². The van der Waals surface area contributed by atoms with Crippen molar-refractivity contribution in [1.29, 1.82) is 0 Å². The number of nitrogens with one attached hydrogen (secondary N) is 1. The quantitative estimate of drug-likeness (QED) is 0.844. The lowest BCUT2D eigenvalue weighted by Gasteiger charge is -2.10. The second-order valence-corrected chi connectivity index (χ2v) is 6.17. The van der Waals surface area contributed by atoms with Crippen LogP contribution in [0.3, 0.4) is 0 Å². The van der Waals surface area contributed by atoms with E-state index >= 15 is 0 Å². The van der Waals surface area contributed by atoms with Gasteiger partial charge in [0.2, 0.25) is 0 Å². The average Bonchev–Trinajstić information content (AvgIpc) is 3.25. The summed E-state index contributed by atoms with van der Waals surface area (Å²) in [5.41, 5.74) is 6.35. The summed E-state index contributed by atoms with van der Waals surface area (Å²) in [5, 5.41) is 4.38. The Kier molecular flexibility index (Phi) is 3.82. The third-order valence-corrected chi connectivity index (χ3v) is 4.41. The van der Waals surface area contributed by atoms with E-state index in [0.29, 0.717) is 6.04 Å². The van der Waals surface area contributed by atoms with E-state index in [0.717, 1.165) is 11.6 Å². The maximum absolute atomic E-state index is 6.30. The molecule has 1 aliphatic rings. The molecule has 104 valence electrons. The van der Waals surface area contributed by atoms with Crippen molar-refractivity contribution in [2.24, 2.45) is 0 Å². The summed E-state index contributed by atoms with van der Waals surface area (Å²) >= 11 is 6.30. The van der Waals surface area contributed by atoms with Crippen LogP contribution in [0.4, 0.5) is 0 Å². The van der Waals surface area contributed by atoms with Crippen LogP contribution in [-0.2, 0) is 6.54 Å². The minimum atomic E-state index is 0.705. The molecule has 0 aromatic heterocycles. The van der Waals surface area contributed by atoms with E-state index in [1.54, 1.807) is 0 Å². The zero-order chi connectivity index (χ0) is 14.1. The van der Waals surface area contributed by atoms with Gasteiger partial charge in [0.15, 0.2) is 0 Å². The molecule has 0 amide bonds. The van der Waals surface area contributed by atoms with Crippen molar-refractivity contribution in [2.75, 3.05) is 0 Å². The van der Waals surface area contributed by atoms with Crippen LogP contribution < -0.4 is 5.32 Å². The number of hydrogen-bond acceptors (Lipinski definition) is 1. The predicted octanol–water partition coefficient (Wildman–Crippen LogP) is 4.88. The monoisotopic (exact) mass is 285 g/mol. The van der Waals surface area contributed by atoms with E-state index in [1.807, 2.05) is 6.07 Å². The van der Waals surface area contributed by atoms with E-state index < -0.39 is 0 Å². The molecule has 1 fully saturated rings. The van der Waals surface area contributed by atoms with Crippen LogP contribution in [-0.4, -0.2) is 6.04 Å². The highest BCUT2D eigenvalue weighted by molar-refractivity contribution is 6.31. The summed E-state index contributed by atoms with van der Waals surface area (Å²) in [6.07, 6.45) is 2.60. The summed E-state index contributed by atoms with van der Waals surface area (Å²) in [6.45, 7) is 5.17. The van der Waals surface area contributed by atoms with Gasteiger partial charge >= 0.3 is 0 Å². The molecule has 2 aromatic carbocycles. The molecule has 1 N–H and O–H groups in total. The van der Waals surface area contributed by atoms with E-state index in [9.17, 15) is 0 Å². The highest BCUT2D eigenvalue weighted by Crippen LogP contribution is 2.27. The molecule has 0 heterocycles. The normalized spacial score (nSPS) is 14.6. The Bertz CT molecular complexity index is 629. The Morgan fingerprint density at radius 2 is 1.70 bits per heavy atom. The molecule has 1 aliphatic carbocycles. The van der Waals surface area contributed by atoms with Gasteiger partial charge in [0, 0.05) is 17.6 Å². The fourth-order valence-electron chi connectivity index (χ4n) is 2.35. The molecule has 0 aliphatic heterocycles. The van der Waals surface area contributed by atoms with Crippen molar-refractivity contribution in [2.45, 2.75) is 39.3 Å². The number of aryl methyl sites for hydroxylation is 2. The SMILES string of the molecule is Cc1ccc(-c2ccc(Cl)c(CNC3CC3)c2)cc1C. The second-order valence-electron chi connectivity index (χ2n) is 5.76. The molecule has 0 unspecified atom stereocenters. The topological polar surface area (TPSA) is 12.0 Å². The molecule has 0 bridgehead atoms. The van der Waals surface area contributed by atoms with Gasteiger partial charge in [-0.2, -0.15) is 0 Å². The molecule has 20 heavy (non-hydrogen) atoms. The van der Waals surface area contributed by atoms with Gasteiger partial charge in [-0.1, -0.05) is 35.9 Å². The van der Waals surface area contributed by atoms with Crippen LogP contribution in [0.25, 0.3) is 11.1 Å². The smallest absolute Gasteiger partial charge is 0.0451 e. The Hall–Kier alpha value is -1.31. The number of benzene rings is 2. The summed E-state index contributed by atoms with van der Waals surface area (Å²) in [6, 6.07) is 13.6. The minimum absolute atomic E-state index is 0.705. The summed E-state index contributed by atoms with van der Waals surface area (Å²) in [7, 11) is 0. The number of hydrogen-bond donors (Lipinski definition) is 1. The average molecular weight is 286 g/mol. The Morgan fingerprint density at radius 3 is 2.40 bits per heavy atom. The maximum Gasteiger partial charge on any atom is 0.0451 e. The predicted molar refractivity (Wildman–Crippen MR) is 86.2 cm³/mol. The largest absolute Gasteiger partial charge is 0.310 e. The molecule has 3 rings (SSSR count). The van der Waals surface area contributed by atoms with Crippen molar-refractivity contribution in [3.05, 3.63) is 58.1 Å². The molecular weight excluding hydrogens is 266 g/mol. The molecule has 0 radical (unpaired) electrons. The highest BCUT2D eigenvalue weighted by atomic mass is 35.5. The summed E-state index contributed by atoms with van der Waals surface area (Å²) in [4.78, 5) is 0. The number of halogens is 1. The van der Waals surface area contributed by atoms with Gasteiger partial charge in [0.05, 0.1) is 0 Å². The molecule has 2 aromatic rings. The van der Waals surface area contributed by atoms with E-state index in [-0.39, 0.29) is 0 Å². The zero-order valence-corrected chi connectivity index (χ0v) is 12.8. The first kappa shape index (κ1) is 13.7. The highest BCUT2D eigenvalue weighted by Gasteiger charge is 2.20. The molecule has 0 spiro atoms. The van der Waals surface area contributed by atoms with E-state index in [1.165, 1.54) is 40.7 Å². The lowest BCUT2D eigenvalue weighted by Crippen LogP contribution is -2.15. The third kappa shape index (κ3) is 3.05.